The molecule has 17 heavy (non-hydrogen) atoms. The van der Waals surface area contributed by atoms with Gasteiger partial charge >= 0.3 is 5.97 Å². The van der Waals surface area contributed by atoms with Crippen molar-refractivity contribution in [2.75, 3.05) is 13.2 Å². The average molecular weight is 238 g/mol. The number of hydrogen-bond donors (Lipinski definition) is 1. The van der Waals surface area contributed by atoms with E-state index >= 15 is 0 Å². The van der Waals surface area contributed by atoms with E-state index < -0.39 is 11.8 Å². The fourth-order valence-electron chi connectivity index (χ4n) is 2.26. The van der Waals surface area contributed by atoms with Crippen LogP contribution in [-0.4, -0.2) is 24.3 Å². The van der Waals surface area contributed by atoms with Crippen LogP contribution in [0.3, 0.4) is 0 Å². The van der Waals surface area contributed by atoms with E-state index in [1.165, 1.54) is 0 Å². The van der Waals surface area contributed by atoms with Crippen molar-refractivity contribution in [3.05, 3.63) is 34.6 Å². The molecular weight excluding hydrogens is 223 g/mol. The molecule has 4 heteroatoms. The summed E-state index contributed by atoms with van der Waals surface area (Å²) in [5.41, 5.74) is 1.27. The lowest BCUT2D eigenvalue weighted by Gasteiger charge is -2.23. The molecule has 0 unspecified atom stereocenters. The average Bonchev–Trinajstić information content (AvgIpc) is 2.32. The van der Waals surface area contributed by atoms with Gasteiger partial charge in [0, 0.05) is 13.2 Å². The first-order valence-corrected chi connectivity index (χ1v) is 5.70. The number of carboxylic acid groups (broad SMARTS) is 1. The van der Waals surface area contributed by atoms with Crippen LogP contribution in [-0.2, 0) is 4.74 Å². The second-order valence-electron chi connectivity index (χ2n) is 4.38. The highest BCUT2D eigenvalue weighted by atomic mass is 19.1. The largest absolute Gasteiger partial charge is 0.478 e. The molecule has 0 aromatic heterocycles. The Kier molecular flexibility index (Phi) is 3.43. The molecule has 0 amide bonds. The molecular formula is C13H15FO3. The van der Waals surface area contributed by atoms with Crippen LogP contribution >= 0.6 is 0 Å². The third-order valence-corrected chi connectivity index (χ3v) is 3.24. The van der Waals surface area contributed by atoms with Crippen molar-refractivity contribution in [2.45, 2.75) is 25.7 Å². The molecule has 1 heterocycles. The minimum absolute atomic E-state index is 0.0401. The van der Waals surface area contributed by atoms with Gasteiger partial charge in [0.2, 0.25) is 0 Å². The first-order chi connectivity index (χ1) is 8.09. The zero-order valence-corrected chi connectivity index (χ0v) is 9.70. The van der Waals surface area contributed by atoms with Gasteiger partial charge in [-0.05, 0) is 42.9 Å². The minimum atomic E-state index is -1.08. The summed E-state index contributed by atoms with van der Waals surface area (Å²) < 4.78 is 19.1. The van der Waals surface area contributed by atoms with Crippen molar-refractivity contribution in [3.8, 4) is 0 Å². The van der Waals surface area contributed by atoms with Crippen LogP contribution in [0.25, 0.3) is 0 Å². The number of benzene rings is 1. The fourth-order valence-corrected chi connectivity index (χ4v) is 2.26. The minimum Gasteiger partial charge on any atom is -0.478 e. The lowest BCUT2D eigenvalue weighted by molar-refractivity contribution is 0.0694. The zero-order valence-electron chi connectivity index (χ0n) is 9.70. The Labute approximate surface area is 99.2 Å². The second kappa shape index (κ2) is 4.84. The quantitative estimate of drug-likeness (QED) is 0.861. The predicted molar refractivity (Wildman–Crippen MR) is 60.9 cm³/mol. The monoisotopic (exact) mass is 238 g/mol. The van der Waals surface area contributed by atoms with Crippen molar-refractivity contribution in [3.63, 3.8) is 0 Å². The number of aromatic carboxylic acids is 1. The number of aryl methyl sites for hydroxylation is 1. The first-order valence-electron chi connectivity index (χ1n) is 5.70. The Balaban J connectivity index is 2.35. The third-order valence-electron chi connectivity index (χ3n) is 3.24. The zero-order chi connectivity index (χ0) is 12.4. The summed E-state index contributed by atoms with van der Waals surface area (Å²) in [6.45, 7) is 2.99. The van der Waals surface area contributed by atoms with Crippen LogP contribution in [0.5, 0.6) is 0 Å². The summed E-state index contributed by atoms with van der Waals surface area (Å²) in [5.74, 6) is -1.36. The second-order valence-corrected chi connectivity index (χ2v) is 4.38. The topological polar surface area (TPSA) is 46.5 Å². The molecule has 1 aromatic carbocycles. The number of halogens is 1. The number of carbonyl (C=O) groups is 1. The highest BCUT2D eigenvalue weighted by Crippen LogP contribution is 2.30. The smallest absolute Gasteiger partial charge is 0.336 e. The Hall–Kier alpha value is -1.42. The van der Waals surface area contributed by atoms with Gasteiger partial charge in [-0.3, -0.25) is 0 Å². The third kappa shape index (κ3) is 2.47. The molecule has 1 N–H and O–H groups in total. The number of ether oxygens (including phenoxy) is 1. The van der Waals surface area contributed by atoms with Gasteiger partial charge in [0.15, 0.2) is 0 Å². The normalized spacial score (nSPS) is 17.1. The molecule has 0 bridgehead atoms. The van der Waals surface area contributed by atoms with Crippen LogP contribution in [0, 0.1) is 12.7 Å². The molecule has 1 aromatic rings. The van der Waals surface area contributed by atoms with Gasteiger partial charge in [-0.1, -0.05) is 6.07 Å². The summed E-state index contributed by atoms with van der Waals surface area (Å²) in [5, 5.41) is 8.90. The highest BCUT2D eigenvalue weighted by Gasteiger charge is 2.21. The molecule has 0 radical (unpaired) electrons. The van der Waals surface area contributed by atoms with Gasteiger partial charge in [0.05, 0.1) is 5.56 Å². The van der Waals surface area contributed by atoms with Crippen molar-refractivity contribution < 1.29 is 19.0 Å². The van der Waals surface area contributed by atoms with Gasteiger partial charge in [0.25, 0.3) is 0 Å². The Bertz CT molecular complexity index is 437. The fraction of sp³-hybridized carbons (Fsp3) is 0.462. The predicted octanol–water partition coefficient (Wildman–Crippen LogP) is 2.73. The molecule has 1 aliphatic rings. The number of carboxylic acids is 1. The summed E-state index contributed by atoms with van der Waals surface area (Å²) in [7, 11) is 0. The van der Waals surface area contributed by atoms with Crippen LogP contribution in [0.1, 0.15) is 40.2 Å². The molecule has 1 fully saturated rings. The SMILES string of the molecule is Cc1cc(C2CCOCC2)c(F)cc1C(=O)O. The summed E-state index contributed by atoms with van der Waals surface area (Å²) in [6.07, 6.45) is 1.59. The van der Waals surface area contributed by atoms with Crippen molar-refractivity contribution >= 4 is 5.97 Å². The van der Waals surface area contributed by atoms with E-state index in [1.807, 2.05) is 0 Å². The van der Waals surface area contributed by atoms with Gasteiger partial charge in [-0.25, -0.2) is 9.18 Å². The summed E-state index contributed by atoms with van der Waals surface area (Å²) in [6, 6.07) is 2.79. The van der Waals surface area contributed by atoms with E-state index in [9.17, 15) is 9.18 Å². The van der Waals surface area contributed by atoms with E-state index in [0.29, 0.717) is 24.3 Å². The lowest BCUT2D eigenvalue weighted by Crippen LogP contribution is -2.16. The maximum atomic E-state index is 13.9. The molecule has 0 atom stereocenters. The van der Waals surface area contributed by atoms with E-state index in [1.54, 1.807) is 13.0 Å². The van der Waals surface area contributed by atoms with Crippen LogP contribution in [0.4, 0.5) is 4.39 Å². The standard InChI is InChI=1S/C13H15FO3/c1-8-6-11(9-2-4-17-5-3-9)12(14)7-10(8)13(15)16/h6-7,9H,2-5H2,1H3,(H,15,16). The van der Waals surface area contributed by atoms with Crippen molar-refractivity contribution in [2.24, 2.45) is 0 Å². The molecule has 0 spiro atoms. The van der Waals surface area contributed by atoms with Crippen LogP contribution < -0.4 is 0 Å². The lowest BCUT2D eigenvalue weighted by atomic mass is 9.89. The van der Waals surface area contributed by atoms with Crippen LogP contribution in [0.2, 0.25) is 0 Å². The van der Waals surface area contributed by atoms with Gasteiger partial charge in [-0.2, -0.15) is 0 Å². The first kappa shape index (κ1) is 12.0. The molecule has 0 aliphatic carbocycles. The maximum Gasteiger partial charge on any atom is 0.336 e. The molecule has 1 saturated heterocycles. The highest BCUT2D eigenvalue weighted by molar-refractivity contribution is 5.89. The van der Waals surface area contributed by atoms with E-state index in [-0.39, 0.29) is 11.5 Å². The van der Waals surface area contributed by atoms with Gasteiger partial charge < -0.3 is 9.84 Å². The van der Waals surface area contributed by atoms with E-state index in [0.717, 1.165) is 18.9 Å². The summed E-state index contributed by atoms with van der Waals surface area (Å²) in [4.78, 5) is 10.9. The molecule has 92 valence electrons. The van der Waals surface area contributed by atoms with Crippen molar-refractivity contribution in [1.29, 1.82) is 0 Å². The van der Waals surface area contributed by atoms with Gasteiger partial charge in [0.1, 0.15) is 5.82 Å². The number of rotatable bonds is 2. The van der Waals surface area contributed by atoms with E-state index in [2.05, 4.69) is 0 Å². The Morgan fingerprint density at radius 1 is 1.41 bits per heavy atom. The van der Waals surface area contributed by atoms with Gasteiger partial charge in [-0.15, -0.1) is 0 Å². The molecule has 0 saturated carbocycles. The molecule has 3 nitrogen and oxygen atoms in total. The number of hydrogen-bond acceptors (Lipinski definition) is 2. The Morgan fingerprint density at radius 2 is 2.06 bits per heavy atom. The molecule has 1 aliphatic heterocycles. The maximum absolute atomic E-state index is 13.9. The van der Waals surface area contributed by atoms with Crippen LogP contribution in [0.15, 0.2) is 12.1 Å². The van der Waals surface area contributed by atoms with E-state index in [4.69, 9.17) is 9.84 Å². The van der Waals surface area contributed by atoms with Crippen molar-refractivity contribution in [1.82, 2.24) is 0 Å². The molecule has 2 rings (SSSR count). The Morgan fingerprint density at radius 3 is 2.65 bits per heavy atom. The summed E-state index contributed by atoms with van der Waals surface area (Å²) >= 11 is 0.